The number of alkyl halides is 3. The summed E-state index contributed by atoms with van der Waals surface area (Å²) in [6.07, 6.45) is -2.91. The van der Waals surface area contributed by atoms with Crippen LogP contribution in [-0.4, -0.2) is 37.0 Å². The second-order valence-electron chi connectivity index (χ2n) is 5.40. The lowest BCUT2D eigenvalue weighted by Crippen LogP contribution is -2.51. The number of amides is 1. The van der Waals surface area contributed by atoms with Crippen LogP contribution in [0.25, 0.3) is 0 Å². The molecule has 2 rings (SSSR count). The van der Waals surface area contributed by atoms with Crippen LogP contribution in [-0.2, 0) is 11.0 Å². The van der Waals surface area contributed by atoms with Crippen molar-refractivity contribution in [3.8, 4) is 0 Å². The van der Waals surface area contributed by atoms with E-state index in [2.05, 4.69) is 4.98 Å². The van der Waals surface area contributed by atoms with Crippen LogP contribution in [0, 0.1) is 5.92 Å². The van der Waals surface area contributed by atoms with Gasteiger partial charge in [-0.3, -0.25) is 9.69 Å². The van der Waals surface area contributed by atoms with Gasteiger partial charge in [0.05, 0.1) is 19.3 Å². The van der Waals surface area contributed by atoms with Gasteiger partial charge in [0.2, 0.25) is 5.91 Å². The van der Waals surface area contributed by atoms with Crippen molar-refractivity contribution in [2.75, 3.05) is 31.1 Å². The molecule has 1 aromatic rings. The molecule has 1 aliphatic rings. The van der Waals surface area contributed by atoms with Gasteiger partial charge in [-0.25, -0.2) is 4.98 Å². The predicted molar refractivity (Wildman–Crippen MR) is 71.6 cm³/mol. The number of aromatic amines is 1. The minimum absolute atomic E-state index is 0.0442. The van der Waals surface area contributed by atoms with Gasteiger partial charge < -0.3 is 4.90 Å². The molecule has 0 unspecified atom stereocenters. The molecule has 1 amide bonds. The highest BCUT2D eigenvalue weighted by atomic mass is 19.4. The van der Waals surface area contributed by atoms with E-state index in [4.69, 9.17) is 0 Å². The van der Waals surface area contributed by atoms with E-state index in [0.29, 0.717) is 26.2 Å². The van der Waals surface area contributed by atoms with Gasteiger partial charge in [-0.2, -0.15) is 13.2 Å². The zero-order valence-electron chi connectivity index (χ0n) is 12.1. The minimum atomic E-state index is -4.39. The van der Waals surface area contributed by atoms with Crippen LogP contribution in [0.15, 0.2) is 18.3 Å². The van der Waals surface area contributed by atoms with Gasteiger partial charge in [0, 0.05) is 5.92 Å². The molecule has 0 aliphatic carbocycles. The second-order valence-corrected chi connectivity index (χ2v) is 5.40. The Labute approximate surface area is 121 Å². The van der Waals surface area contributed by atoms with Crippen molar-refractivity contribution < 1.29 is 22.9 Å². The lowest BCUT2D eigenvalue weighted by atomic mass is 10.1. The third-order valence-electron chi connectivity index (χ3n) is 3.54. The Kier molecular flexibility index (Phi) is 4.39. The third kappa shape index (κ3) is 3.46. The van der Waals surface area contributed by atoms with E-state index in [-0.39, 0.29) is 17.6 Å². The van der Waals surface area contributed by atoms with E-state index in [1.807, 2.05) is 13.8 Å². The number of anilines is 1. The molecule has 0 saturated carbocycles. The maximum Gasteiger partial charge on any atom is 0.424 e. The maximum atomic E-state index is 13.0. The summed E-state index contributed by atoms with van der Waals surface area (Å²) in [7, 11) is 0. The van der Waals surface area contributed by atoms with Crippen LogP contribution in [0.5, 0.6) is 0 Å². The van der Waals surface area contributed by atoms with Gasteiger partial charge >= 0.3 is 6.18 Å². The zero-order valence-corrected chi connectivity index (χ0v) is 12.1. The van der Waals surface area contributed by atoms with Crippen LogP contribution in [0.3, 0.4) is 0 Å². The Morgan fingerprint density at radius 2 is 1.86 bits per heavy atom. The molecule has 1 aliphatic heterocycles. The number of hydrogen-bond acceptors (Lipinski definition) is 2. The van der Waals surface area contributed by atoms with Crippen molar-refractivity contribution in [2.45, 2.75) is 20.0 Å². The van der Waals surface area contributed by atoms with Crippen LogP contribution < -0.4 is 9.88 Å². The summed E-state index contributed by atoms with van der Waals surface area (Å²) in [5.74, 6) is 0.0231. The fourth-order valence-corrected chi connectivity index (χ4v) is 2.43. The summed E-state index contributed by atoms with van der Waals surface area (Å²) in [5, 5.41) is 0. The summed E-state index contributed by atoms with van der Waals surface area (Å²) in [4.78, 5) is 17.9. The van der Waals surface area contributed by atoms with Crippen molar-refractivity contribution in [1.82, 2.24) is 4.90 Å². The number of pyridine rings is 1. The van der Waals surface area contributed by atoms with Gasteiger partial charge in [-0.15, -0.1) is 0 Å². The lowest BCUT2D eigenvalue weighted by Gasteiger charge is -2.32. The van der Waals surface area contributed by atoms with Crippen LogP contribution in [0.4, 0.5) is 19.0 Å². The molecule has 21 heavy (non-hydrogen) atoms. The number of rotatable bonds is 2. The van der Waals surface area contributed by atoms with E-state index in [0.717, 1.165) is 6.07 Å². The van der Waals surface area contributed by atoms with Gasteiger partial charge in [0.1, 0.15) is 18.7 Å². The third-order valence-corrected chi connectivity index (χ3v) is 3.54. The lowest BCUT2D eigenvalue weighted by molar-refractivity contribution is -0.367. The van der Waals surface area contributed by atoms with Crippen LogP contribution in [0.1, 0.15) is 19.4 Å². The quantitative estimate of drug-likeness (QED) is 0.836. The normalized spacial score (nSPS) is 16.5. The Morgan fingerprint density at radius 3 is 2.38 bits per heavy atom. The largest absolute Gasteiger partial charge is 0.424 e. The Balaban J connectivity index is 2.12. The monoisotopic (exact) mass is 302 g/mol. The standard InChI is InChI=1S/C14H18F3N3O/c1-10(2)13(21)20-8-6-19(7-9-20)12-11(14(15,16)17)4-3-5-18-12/h3-5,10H,6-9H2,1-2H3/p+1. The van der Waals surface area contributed by atoms with Gasteiger partial charge in [-0.1, -0.05) is 13.8 Å². The topological polar surface area (TPSA) is 37.7 Å². The number of nitrogens with zero attached hydrogens (tertiary/aromatic N) is 2. The molecule has 1 saturated heterocycles. The van der Waals surface area contributed by atoms with E-state index in [1.54, 1.807) is 9.80 Å². The molecule has 0 bridgehead atoms. The van der Waals surface area contributed by atoms with E-state index < -0.39 is 11.7 Å². The maximum absolute atomic E-state index is 13.0. The average molecular weight is 302 g/mol. The number of nitrogens with one attached hydrogen (secondary N) is 1. The Morgan fingerprint density at radius 1 is 1.24 bits per heavy atom. The van der Waals surface area contributed by atoms with Gasteiger partial charge in [0.25, 0.3) is 5.82 Å². The van der Waals surface area contributed by atoms with E-state index in [1.165, 1.54) is 12.3 Å². The summed E-state index contributed by atoms with van der Waals surface area (Å²) >= 11 is 0. The van der Waals surface area contributed by atoms with E-state index in [9.17, 15) is 18.0 Å². The van der Waals surface area contributed by atoms with Crippen molar-refractivity contribution in [3.05, 3.63) is 23.9 Å². The average Bonchev–Trinajstić information content (AvgIpc) is 2.45. The molecule has 0 aromatic carbocycles. The van der Waals surface area contributed by atoms with Crippen molar-refractivity contribution in [3.63, 3.8) is 0 Å². The molecule has 1 N–H and O–H groups in total. The summed E-state index contributed by atoms with van der Waals surface area (Å²) < 4.78 is 39.0. The highest BCUT2D eigenvalue weighted by Gasteiger charge is 2.40. The summed E-state index contributed by atoms with van der Waals surface area (Å²) in [6, 6.07) is 2.41. The molecule has 0 spiro atoms. The molecule has 116 valence electrons. The number of hydrogen-bond donors (Lipinski definition) is 0. The van der Waals surface area contributed by atoms with Gasteiger partial charge in [-0.05, 0) is 12.1 Å². The van der Waals surface area contributed by atoms with Crippen LogP contribution in [0.2, 0.25) is 0 Å². The van der Waals surface area contributed by atoms with Crippen molar-refractivity contribution >= 4 is 11.7 Å². The molecule has 0 atom stereocenters. The van der Waals surface area contributed by atoms with Crippen molar-refractivity contribution in [1.29, 1.82) is 0 Å². The summed E-state index contributed by atoms with van der Waals surface area (Å²) in [6.45, 7) is 5.31. The number of aromatic nitrogens is 1. The first-order chi connectivity index (χ1) is 9.80. The first kappa shape index (κ1) is 15.6. The molecular formula is C14H19F3N3O+. The number of piperazine rings is 1. The van der Waals surface area contributed by atoms with Crippen molar-refractivity contribution in [2.24, 2.45) is 5.92 Å². The second kappa shape index (κ2) is 5.91. The molecular weight excluding hydrogens is 283 g/mol. The fraction of sp³-hybridized carbons (Fsp3) is 0.571. The number of halogens is 3. The first-order valence-corrected chi connectivity index (χ1v) is 6.92. The SMILES string of the molecule is CC(C)C(=O)N1CCN(c2[nH+]cccc2C(F)(F)F)CC1. The van der Waals surface area contributed by atoms with Gasteiger partial charge in [0.15, 0.2) is 0 Å². The van der Waals surface area contributed by atoms with Crippen LogP contribution >= 0.6 is 0 Å². The fourth-order valence-electron chi connectivity index (χ4n) is 2.43. The molecule has 1 aromatic heterocycles. The molecule has 7 heteroatoms. The zero-order chi connectivity index (χ0) is 15.6. The molecule has 4 nitrogen and oxygen atoms in total. The molecule has 1 fully saturated rings. The highest BCUT2D eigenvalue weighted by Crippen LogP contribution is 2.34. The minimum Gasteiger partial charge on any atom is -0.335 e. The summed E-state index contributed by atoms with van der Waals surface area (Å²) in [5.41, 5.74) is -0.673. The molecule has 0 radical (unpaired) electrons. The van der Waals surface area contributed by atoms with E-state index >= 15 is 0 Å². The first-order valence-electron chi connectivity index (χ1n) is 6.92. The number of carbonyl (C=O) groups is 1. The molecule has 2 heterocycles. The predicted octanol–water partition coefficient (Wildman–Crippen LogP) is 1.82. The smallest absolute Gasteiger partial charge is 0.335 e. The highest BCUT2D eigenvalue weighted by molar-refractivity contribution is 5.78. The number of carbonyl (C=O) groups excluding carboxylic acids is 1. The Bertz CT molecular complexity index is 508. The Hall–Kier alpha value is -1.79. The number of H-pyrrole nitrogens is 1.